The van der Waals surface area contributed by atoms with Crippen molar-refractivity contribution in [2.45, 2.75) is 32.4 Å². The van der Waals surface area contributed by atoms with Crippen molar-refractivity contribution in [3.63, 3.8) is 0 Å². The first kappa shape index (κ1) is 17.8. The summed E-state index contributed by atoms with van der Waals surface area (Å²) in [7, 11) is 0. The van der Waals surface area contributed by atoms with Crippen molar-refractivity contribution in [1.82, 2.24) is 9.88 Å². The third-order valence-corrected chi connectivity index (χ3v) is 6.34. The molecule has 1 atom stereocenters. The van der Waals surface area contributed by atoms with E-state index in [-0.39, 0.29) is 12.0 Å². The Labute approximate surface area is 165 Å². The van der Waals surface area contributed by atoms with Crippen LogP contribution in [0.1, 0.15) is 34.5 Å². The van der Waals surface area contributed by atoms with E-state index in [2.05, 4.69) is 63.1 Å². The molecule has 136 valence electrons. The first-order chi connectivity index (χ1) is 12.6. The van der Waals surface area contributed by atoms with Crippen molar-refractivity contribution >= 4 is 43.4 Å². The monoisotopic (exact) mass is 432 g/mol. The van der Waals surface area contributed by atoms with Gasteiger partial charge >= 0.3 is 0 Å². The van der Waals surface area contributed by atoms with Gasteiger partial charge in [-0.15, -0.1) is 11.3 Å². The molecule has 1 N–H and O–H groups in total. The molecule has 1 aliphatic heterocycles. The minimum Gasteiger partial charge on any atom is -0.376 e. The van der Waals surface area contributed by atoms with Gasteiger partial charge in [-0.25, -0.2) is 0 Å². The van der Waals surface area contributed by atoms with E-state index in [1.165, 1.54) is 11.1 Å². The third-order valence-electron chi connectivity index (χ3n) is 4.77. The summed E-state index contributed by atoms with van der Waals surface area (Å²) in [6, 6.07) is 12.5. The van der Waals surface area contributed by atoms with Crippen LogP contribution >= 0.6 is 27.3 Å². The lowest BCUT2D eigenvalue weighted by Gasteiger charge is -2.13. The molecule has 6 heteroatoms. The number of aryl methyl sites for hydroxylation is 1. The zero-order valence-corrected chi connectivity index (χ0v) is 17.0. The van der Waals surface area contributed by atoms with Gasteiger partial charge in [0.25, 0.3) is 5.91 Å². The van der Waals surface area contributed by atoms with Gasteiger partial charge in [0.2, 0.25) is 0 Å². The molecule has 1 aliphatic rings. The van der Waals surface area contributed by atoms with E-state index < -0.39 is 0 Å². The van der Waals surface area contributed by atoms with E-state index >= 15 is 0 Å². The fraction of sp³-hybridized carbons (Fsp3) is 0.350. The number of fused-ring (bicyclic) bond motifs is 1. The molecular weight excluding hydrogens is 412 g/mol. The molecule has 26 heavy (non-hydrogen) atoms. The minimum absolute atomic E-state index is 0.0351. The molecule has 1 aromatic carbocycles. The average Bonchev–Trinajstić information content (AvgIpc) is 3.32. The summed E-state index contributed by atoms with van der Waals surface area (Å²) in [4.78, 5) is 12.8. The topological polar surface area (TPSA) is 43.3 Å². The summed E-state index contributed by atoms with van der Waals surface area (Å²) in [6.07, 6.45) is 2.25. The molecule has 0 bridgehead atoms. The van der Waals surface area contributed by atoms with Gasteiger partial charge < -0.3 is 14.6 Å². The molecule has 1 saturated heterocycles. The zero-order valence-electron chi connectivity index (χ0n) is 14.6. The van der Waals surface area contributed by atoms with Gasteiger partial charge in [-0.05, 0) is 53.4 Å². The van der Waals surface area contributed by atoms with E-state index in [0.717, 1.165) is 33.5 Å². The SMILES string of the molecule is Cc1ccc(Cn2c(C(=O)NC[C@H]3CCCO3)cc3sc(Br)cc32)cc1. The number of carbonyl (C=O) groups excluding carboxylic acids is 1. The van der Waals surface area contributed by atoms with Gasteiger partial charge in [0, 0.05) is 19.7 Å². The highest BCUT2D eigenvalue weighted by atomic mass is 79.9. The maximum Gasteiger partial charge on any atom is 0.268 e. The Morgan fingerprint density at radius 2 is 2.15 bits per heavy atom. The first-order valence-electron chi connectivity index (χ1n) is 8.84. The van der Waals surface area contributed by atoms with Crippen LogP contribution in [0.3, 0.4) is 0 Å². The number of nitrogens with zero attached hydrogens (tertiary/aromatic N) is 1. The number of thiophene rings is 1. The average molecular weight is 433 g/mol. The number of aromatic nitrogens is 1. The summed E-state index contributed by atoms with van der Waals surface area (Å²) in [6.45, 7) is 4.13. The number of hydrogen-bond donors (Lipinski definition) is 1. The molecule has 0 unspecified atom stereocenters. The molecule has 0 spiro atoms. The minimum atomic E-state index is -0.0351. The highest BCUT2D eigenvalue weighted by Gasteiger charge is 2.20. The molecule has 0 saturated carbocycles. The normalized spacial score (nSPS) is 17.1. The Bertz CT molecular complexity index is 923. The number of ether oxygens (including phenoxy) is 1. The van der Waals surface area contributed by atoms with Crippen LogP contribution in [0.2, 0.25) is 0 Å². The lowest BCUT2D eigenvalue weighted by Crippen LogP contribution is -2.33. The van der Waals surface area contributed by atoms with Crippen LogP contribution in [0.5, 0.6) is 0 Å². The van der Waals surface area contributed by atoms with Crippen molar-refractivity contribution in [2.24, 2.45) is 0 Å². The predicted octanol–water partition coefficient (Wildman–Crippen LogP) is 4.73. The van der Waals surface area contributed by atoms with E-state index in [1.54, 1.807) is 11.3 Å². The summed E-state index contributed by atoms with van der Waals surface area (Å²) >= 11 is 5.21. The third kappa shape index (κ3) is 3.72. The number of benzene rings is 1. The van der Waals surface area contributed by atoms with Crippen molar-refractivity contribution in [3.8, 4) is 0 Å². The Morgan fingerprint density at radius 1 is 1.35 bits per heavy atom. The number of amides is 1. The van der Waals surface area contributed by atoms with Crippen molar-refractivity contribution < 1.29 is 9.53 Å². The number of halogens is 1. The lowest BCUT2D eigenvalue weighted by atomic mass is 10.1. The van der Waals surface area contributed by atoms with Gasteiger partial charge in [0.1, 0.15) is 5.69 Å². The molecule has 4 nitrogen and oxygen atoms in total. The summed E-state index contributed by atoms with van der Waals surface area (Å²) < 4.78 is 9.91. The van der Waals surface area contributed by atoms with E-state index in [9.17, 15) is 4.79 Å². The molecule has 1 fully saturated rings. The second-order valence-corrected chi connectivity index (χ2v) is 9.21. The quantitative estimate of drug-likeness (QED) is 0.632. The van der Waals surface area contributed by atoms with Gasteiger partial charge in [0.05, 0.1) is 20.1 Å². The Morgan fingerprint density at radius 3 is 2.88 bits per heavy atom. The number of hydrogen-bond acceptors (Lipinski definition) is 3. The van der Waals surface area contributed by atoms with E-state index in [1.807, 2.05) is 6.07 Å². The zero-order chi connectivity index (χ0) is 18.1. The standard InChI is InChI=1S/C20H21BrN2O2S/c1-13-4-6-14(7-5-13)12-23-16-10-19(21)26-18(16)9-17(23)20(24)22-11-15-3-2-8-25-15/h4-7,9-10,15H,2-3,8,11-12H2,1H3,(H,22,24)/t15-/m1/s1. The molecular formula is C20H21BrN2O2S. The van der Waals surface area contributed by atoms with Crippen LogP contribution in [-0.4, -0.2) is 29.7 Å². The molecule has 3 heterocycles. The van der Waals surface area contributed by atoms with Crippen molar-refractivity contribution in [1.29, 1.82) is 0 Å². The summed E-state index contributed by atoms with van der Waals surface area (Å²) in [5, 5.41) is 3.05. The van der Waals surface area contributed by atoms with Gasteiger partial charge in [-0.2, -0.15) is 0 Å². The second-order valence-electron chi connectivity index (χ2n) is 6.75. The molecule has 0 aliphatic carbocycles. The Hall–Kier alpha value is -1.63. The Kier molecular flexibility index (Phi) is 5.16. The molecule has 0 radical (unpaired) electrons. The van der Waals surface area contributed by atoms with Crippen LogP contribution in [0.15, 0.2) is 40.2 Å². The van der Waals surface area contributed by atoms with Crippen molar-refractivity contribution in [3.05, 3.63) is 57.0 Å². The smallest absolute Gasteiger partial charge is 0.268 e. The molecule has 2 aromatic heterocycles. The Balaban J connectivity index is 1.61. The first-order valence-corrected chi connectivity index (χ1v) is 10.4. The van der Waals surface area contributed by atoms with E-state index in [4.69, 9.17) is 4.74 Å². The fourth-order valence-corrected chi connectivity index (χ4v) is 4.91. The lowest BCUT2D eigenvalue weighted by molar-refractivity contribution is 0.0851. The fourth-order valence-electron chi connectivity index (χ4n) is 3.35. The van der Waals surface area contributed by atoms with Crippen LogP contribution in [0.25, 0.3) is 10.2 Å². The summed E-state index contributed by atoms with van der Waals surface area (Å²) in [5.74, 6) is -0.0351. The number of nitrogens with one attached hydrogen (secondary N) is 1. The van der Waals surface area contributed by atoms with Crippen LogP contribution in [0, 0.1) is 6.92 Å². The van der Waals surface area contributed by atoms with Crippen LogP contribution in [0.4, 0.5) is 0 Å². The van der Waals surface area contributed by atoms with Gasteiger partial charge in [-0.3, -0.25) is 4.79 Å². The molecule has 3 aromatic rings. The number of carbonyl (C=O) groups is 1. The van der Waals surface area contributed by atoms with Crippen LogP contribution < -0.4 is 5.32 Å². The maximum atomic E-state index is 12.8. The van der Waals surface area contributed by atoms with E-state index in [0.29, 0.717) is 18.8 Å². The molecule has 4 rings (SSSR count). The highest BCUT2D eigenvalue weighted by molar-refractivity contribution is 9.11. The summed E-state index contributed by atoms with van der Waals surface area (Å²) in [5.41, 5.74) is 4.21. The number of rotatable bonds is 5. The largest absolute Gasteiger partial charge is 0.376 e. The maximum absolute atomic E-state index is 12.8. The highest BCUT2D eigenvalue weighted by Crippen LogP contribution is 2.33. The van der Waals surface area contributed by atoms with Gasteiger partial charge in [-0.1, -0.05) is 29.8 Å². The second kappa shape index (κ2) is 7.55. The predicted molar refractivity (Wildman–Crippen MR) is 109 cm³/mol. The van der Waals surface area contributed by atoms with Crippen LogP contribution in [-0.2, 0) is 11.3 Å². The van der Waals surface area contributed by atoms with Gasteiger partial charge in [0.15, 0.2) is 0 Å². The molecule has 1 amide bonds. The van der Waals surface area contributed by atoms with Crippen molar-refractivity contribution in [2.75, 3.05) is 13.2 Å².